The van der Waals surface area contributed by atoms with Gasteiger partial charge in [0.2, 0.25) is 0 Å². The Morgan fingerprint density at radius 1 is 0.950 bits per heavy atom. The molecule has 3 nitrogen and oxygen atoms in total. The van der Waals surface area contributed by atoms with E-state index in [9.17, 15) is 0 Å². The lowest BCUT2D eigenvalue weighted by atomic mass is 10.2. The third-order valence-corrected chi connectivity index (χ3v) is 2.99. The molecule has 0 unspecified atom stereocenters. The van der Waals surface area contributed by atoms with Gasteiger partial charge in [-0.2, -0.15) is 0 Å². The number of nitrogen functional groups attached to an aromatic ring is 1. The quantitative estimate of drug-likeness (QED) is 0.527. The van der Waals surface area contributed by atoms with Crippen LogP contribution in [0, 0.1) is 0 Å². The molecule has 0 spiro atoms. The van der Waals surface area contributed by atoms with Crippen LogP contribution in [0.1, 0.15) is 13.8 Å². The normalized spacial score (nSPS) is 9.95. The molecule has 0 aliphatic rings. The number of anilines is 1. The smallest absolute Gasteiger partial charge is 0.161 e. The van der Waals surface area contributed by atoms with Crippen LogP contribution < -0.4 is 5.73 Å². The van der Waals surface area contributed by atoms with Crippen LogP contribution >= 0.6 is 11.6 Å². The molecule has 0 amide bonds. The van der Waals surface area contributed by atoms with Gasteiger partial charge in [-0.05, 0) is 24.3 Å². The van der Waals surface area contributed by atoms with Crippen molar-refractivity contribution in [2.45, 2.75) is 13.8 Å². The van der Waals surface area contributed by atoms with Crippen molar-refractivity contribution in [1.29, 1.82) is 0 Å². The lowest BCUT2D eigenvalue weighted by Gasteiger charge is -2.05. The van der Waals surface area contributed by atoms with Gasteiger partial charge >= 0.3 is 0 Å². The number of fused-ring (bicyclic) bond motifs is 1. The minimum absolute atomic E-state index is 0.457. The molecule has 0 atom stereocenters. The molecule has 3 aromatic rings. The number of benzene rings is 2. The molecule has 20 heavy (non-hydrogen) atoms. The fourth-order valence-electron chi connectivity index (χ4n) is 1.84. The van der Waals surface area contributed by atoms with Crippen molar-refractivity contribution in [2.24, 2.45) is 0 Å². The standard InChI is InChI=1S/C14H10ClN3.C2H6/c15-13-11-6-1-2-7-12(11)17-14(18-13)9-4-3-5-10(16)8-9;1-2/h1-8H,16H2;1-2H3. The number of nitrogens with zero attached hydrogens (tertiary/aromatic N) is 2. The molecule has 1 aromatic heterocycles. The van der Waals surface area contributed by atoms with E-state index in [-0.39, 0.29) is 0 Å². The summed E-state index contributed by atoms with van der Waals surface area (Å²) in [5, 5.41) is 1.31. The molecular weight excluding hydrogens is 270 g/mol. The summed E-state index contributed by atoms with van der Waals surface area (Å²) in [5.74, 6) is 0.589. The summed E-state index contributed by atoms with van der Waals surface area (Å²) in [6.07, 6.45) is 0. The Labute approximate surface area is 123 Å². The number of halogens is 1. The zero-order chi connectivity index (χ0) is 14.5. The van der Waals surface area contributed by atoms with Gasteiger partial charge in [0.15, 0.2) is 5.82 Å². The largest absolute Gasteiger partial charge is 0.399 e. The highest BCUT2D eigenvalue weighted by Crippen LogP contribution is 2.25. The molecule has 2 aromatic carbocycles. The van der Waals surface area contributed by atoms with Crippen LogP contribution in [0.4, 0.5) is 5.69 Å². The van der Waals surface area contributed by atoms with E-state index < -0.39 is 0 Å². The maximum atomic E-state index is 6.17. The number of nitrogens with two attached hydrogens (primary N) is 1. The molecule has 1 heterocycles. The average molecular weight is 286 g/mol. The Bertz CT molecular complexity index is 726. The fourth-order valence-corrected chi connectivity index (χ4v) is 2.08. The average Bonchev–Trinajstić information content (AvgIpc) is 2.49. The van der Waals surface area contributed by atoms with Crippen molar-refractivity contribution >= 4 is 28.2 Å². The van der Waals surface area contributed by atoms with E-state index in [1.165, 1.54) is 0 Å². The lowest BCUT2D eigenvalue weighted by Crippen LogP contribution is -1.93. The Morgan fingerprint density at radius 2 is 1.70 bits per heavy atom. The van der Waals surface area contributed by atoms with Crippen molar-refractivity contribution < 1.29 is 0 Å². The monoisotopic (exact) mass is 285 g/mol. The van der Waals surface area contributed by atoms with Crippen molar-refractivity contribution in [1.82, 2.24) is 9.97 Å². The summed E-state index contributed by atoms with van der Waals surface area (Å²) < 4.78 is 0. The van der Waals surface area contributed by atoms with E-state index >= 15 is 0 Å². The molecule has 102 valence electrons. The van der Waals surface area contributed by atoms with Crippen LogP contribution in [0.2, 0.25) is 5.15 Å². The molecule has 0 bridgehead atoms. The topological polar surface area (TPSA) is 51.8 Å². The number of hydrogen-bond acceptors (Lipinski definition) is 3. The Morgan fingerprint density at radius 3 is 2.45 bits per heavy atom. The zero-order valence-corrected chi connectivity index (χ0v) is 12.2. The predicted molar refractivity (Wildman–Crippen MR) is 85.7 cm³/mol. The lowest BCUT2D eigenvalue weighted by molar-refractivity contribution is 1.23. The SMILES string of the molecule is CC.Nc1cccc(-c2nc(Cl)c3ccccc3n2)c1. The molecule has 0 saturated carbocycles. The van der Waals surface area contributed by atoms with Gasteiger partial charge in [0, 0.05) is 16.6 Å². The minimum atomic E-state index is 0.457. The number of para-hydroxylation sites is 1. The molecule has 2 N–H and O–H groups in total. The molecule has 0 aliphatic heterocycles. The molecule has 4 heteroatoms. The first kappa shape index (κ1) is 14.3. The zero-order valence-electron chi connectivity index (χ0n) is 11.5. The molecule has 3 rings (SSSR count). The summed E-state index contributed by atoms with van der Waals surface area (Å²) in [7, 11) is 0. The second kappa shape index (κ2) is 6.35. The molecule has 0 fully saturated rings. The van der Waals surface area contributed by atoms with Crippen LogP contribution in [0.25, 0.3) is 22.3 Å². The summed E-state index contributed by atoms with van der Waals surface area (Å²) >= 11 is 6.17. The number of aromatic nitrogens is 2. The number of rotatable bonds is 1. The van der Waals surface area contributed by atoms with E-state index in [1.807, 2.05) is 62.4 Å². The van der Waals surface area contributed by atoms with Crippen LogP contribution in [0.5, 0.6) is 0 Å². The van der Waals surface area contributed by atoms with Crippen molar-refractivity contribution in [2.75, 3.05) is 5.73 Å². The highest BCUT2D eigenvalue weighted by Gasteiger charge is 2.07. The molecule has 0 aliphatic carbocycles. The van der Waals surface area contributed by atoms with Gasteiger partial charge in [0.05, 0.1) is 5.52 Å². The van der Waals surface area contributed by atoms with E-state index in [1.54, 1.807) is 0 Å². The van der Waals surface area contributed by atoms with Crippen LogP contribution in [0.3, 0.4) is 0 Å². The van der Waals surface area contributed by atoms with Gasteiger partial charge in [-0.3, -0.25) is 0 Å². The maximum absolute atomic E-state index is 6.17. The second-order valence-electron chi connectivity index (χ2n) is 3.98. The van der Waals surface area contributed by atoms with Crippen molar-refractivity contribution in [3.05, 3.63) is 53.7 Å². The van der Waals surface area contributed by atoms with E-state index in [0.717, 1.165) is 16.5 Å². The summed E-state index contributed by atoms with van der Waals surface area (Å²) in [6.45, 7) is 4.00. The minimum Gasteiger partial charge on any atom is -0.399 e. The third-order valence-electron chi connectivity index (χ3n) is 2.70. The van der Waals surface area contributed by atoms with Gasteiger partial charge in [0.1, 0.15) is 5.15 Å². The fraction of sp³-hybridized carbons (Fsp3) is 0.125. The van der Waals surface area contributed by atoms with E-state index in [0.29, 0.717) is 16.7 Å². The first-order valence-electron chi connectivity index (χ1n) is 6.52. The van der Waals surface area contributed by atoms with Gasteiger partial charge in [-0.25, -0.2) is 9.97 Å². The Hall–Kier alpha value is -2.13. The molecule has 0 radical (unpaired) electrons. The van der Waals surface area contributed by atoms with Gasteiger partial charge in [-0.1, -0.05) is 49.7 Å². The summed E-state index contributed by atoms with van der Waals surface area (Å²) in [4.78, 5) is 8.81. The Balaban J connectivity index is 0.000000704. The predicted octanol–water partition coefficient (Wildman–Crippen LogP) is 4.56. The third kappa shape index (κ3) is 2.89. The number of hydrogen-bond donors (Lipinski definition) is 1. The van der Waals surface area contributed by atoms with Crippen LogP contribution in [-0.4, -0.2) is 9.97 Å². The van der Waals surface area contributed by atoms with Crippen molar-refractivity contribution in [3.63, 3.8) is 0 Å². The first-order valence-corrected chi connectivity index (χ1v) is 6.90. The molecule has 0 saturated heterocycles. The van der Waals surface area contributed by atoms with Gasteiger partial charge in [0.25, 0.3) is 0 Å². The second-order valence-corrected chi connectivity index (χ2v) is 4.34. The summed E-state index contributed by atoms with van der Waals surface area (Å²) in [6, 6.07) is 15.1. The summed E-state index contributed by atoms with van der Waals surface area (Å²) in [5.41, 5.74) is 8.13. The van der Waals surface area contributed by atoms with Crippen molar-refractivity contribution in [3.8, 4) is 11.4 Å². The van der Waals surface area contributed by atoms with E-state index in [2.05, 4.69) is 9.97 Å². The van der Waals surface area contributed by atoms with Gasteiger partial charge in [-0.15, -0.1) is 0 Å². The van der Waals surface area contributed by atoms with Crippen LogP contribution in [-0.2, 0) is 0 Å². The highest BCUT2D eigenvalue weighted by atomic mass is 35.5. The van der Waals surface area contributed by atoms with Crippen LogP contribution in [0.15, 0.2) is 48.5 Å². The molecular formula is C16H16ClN3. The first-order chi connectivity index (χ1) is 9.74. The highest BCUT2D eigenvalue weighted by molar-refractivity contribution is 6.34. The van der Waals surface area contributed by atoms with E-state index in [4.69, 9.17) is 17.3 Å². The maximum Gasteiger partial charge on any atom is 0.161 e. The van der Waals surface area contributed by atoms with Gasteiger partial charge < -0.3 is 5.73 Å². The Kier molecular flexibility index (Phi) is 4.53.